The number of carbonyl (C=O) groups excluding carboxylic acids is 4. The van der Waals surface area contributed by atoms with Crippen molar-refractivity contribution < 1.29 is 33.5 Å². The number of aromatic nitrogens is 2. The Bertz CT molecular complexity index is 1830. The van der Waals surface area contributed by atoms with Gasteiger partial charge in [-0.3, -0.25) is 14.5 Å². The zero-order chi connectivity index (χ0) is 36.7. The number of allylic oxidation sites excluding steroid dienone is 1. The van der Waals surface area contributed by atoms with Crippen molar-refractivity contribution in [2.24, 2.45) is 10.1 Å². The molecule has 2 aliphatic heterocycles. The maximum Gasteiger partial charge on any atom is 0.356 e. The highest BCUT2D eigenvalue weighted by Crippen LogP contribution is 2.42. The number of aliphatic imine (C=N–C) groups is 1. The van der Waals surface area contributed by atoms with E-state index >= 15 is 0 Å². The molecule has 0 saturated carbocycles. The van der Waals surface area contributed by atoms with Gasteiger partial charge in [0.15, 0.2) is 6.10 Å². The molecule has 3 aromatic rings. The Balaban J connectivity index is 1.35. The topological polar surface area (TPSA) is 165 Å². The summed E-state index contributed by atoms with van der Waals surface area (Å²) in [5.74, 6) is -2.59. The van der Waals surface area contributed by atoms with Crippen LogP contribution in [0.3, 0.4) is 0 Å². The number of hydrogen-bond acceptors (Lipinski definition) is 13. The predicted molar refractivity (Wildman–Crippen MR) is 193 cm³/mol. The van der Waals surface area contributed by atoms with Crippen LogP contribution >= 0.6 is 23.3 Å². The van der Waals surface area contributed by atoms with Crippen LogP contribution < -0.4 is 5.32 Å². The van der Waals surface area contributed by atoms with Crippen molar-refractivity contribution >= 4 is 64.2 Å². The summed E-state index contributed by atoms with van der Waals surface area (Å²) in [6.45, 7) is 8.37. The highest BCUT2D eigenvalue weighted by atomic mass is 32.2. The lowest BCUT2D eigenvalue weighted by Gasteiger charge is -2.49. The summed E-state index contributed by atoms with van der Waals surface area (Å²) in [7, 11) is 3.56. The minimum atomic E-state index is -1.04. The van der Waals surface area contributed by atoms with Crippen molar-refractivity contribution in [3.8, 4) is 0 Å². The van der Waals surface area contributed by atoms with Crippen molar-refractivity contribution in [2.75, 3.05) is 26.5 Å². The van der Waals surface area contributed by atoms with Crippen LogP contribution in [0.4, 0.5) is 5.13 Å². The zero-order valence-electron chi connectivity index (χ0n) is 28.6. The van der Waals surface area contributed by atoms with Crippen molar-refractivity contribution in [2.45, 2.75) is 43.9 Å². The number of β-lactam (4-membered cyclic amide) rings is 1. The second-order valence-electron chi connectivity index (χ2n) is 12.5. The van der Waals surface area contributed by atoms with Gasteiger partial charge >= 0.3 is 11.9 Å². The molecule has 3 heterocycles. The number of nitrogens with one attached hydrogen (secondary N) is 1. The third-order valence-electron chi connectivity index (χ3n) is 7.15. The van der Waals surface area contributed by atoms with Crippen molar-refractivity contribution in [3.63, 3.8) is 0 Å². The summed E-state index contributed by atoms with van der Waals surface area (Å²) in [4.78, 5) is 70.2. The Kier molecular flexibility index (Phi) is 11.7. The van der Waals surface area contributed by atoms with Crippen LogP contribution in [0.5, 0.6) is 0 Å². The van der Waals surface area contributed by atoms with Gasteiger partial charge in [0, 0.05) is 31.4 Å². The summed E-state index contributed by atoms with van der Waals surface area (Å²) in [6.07, 6.45) is 2.30. The van der Waals surface area contributed by atoms with Gasteiger partial charge in [-0.15, -0.1) is 11.8 Å². The number of oxime groups is 1. The third kappa shape index (κ3) is 9.07. The summed E-state index contributed by atoms with van der Waals surface area (Å²) >= 11 is 2.26. The van der Waals surface area contributed by atoms with E-state index in [0.29, 0.717) is 11.3 Å². The van der Waals surface area contributed by atoms with Gasteiger partial charge in [0.05, 0.1) is 6.34 Å². The molecule has 14 nitrogen and oxygen atoms in total. The number of carbonyl (C=O) groups is 4. The third-order valence-corrected chi connectivity index (χ3v) is 9.08. The largest absolute Gasteiger partial charge is 0.457 e. The zero-order valence-corrected chi connectivity index (χ0v) is 30.3. The molecule has 0 aliphatic carbocycles. The Hall–Kier alpha value is -5.35. The van der Waals surface area contributed by atoms with E-state index in [4.69, 9.17) is 14.3 Å². The molecule has 0 bridgehead atoms. The van der Waals surface area contributed by atoms with E-state index in [0.717, 1.165) is 22.7 Å². The van der Waals surface area contributed by atoms with Crippen LogP contribution in [0.25, 0.3) is 0 Å². The van der Waals surface area contributed by atoms with E-state index in [1.807, 2.05) is 60.7 Å². The van der Waals surface area contributed by atoms with Gasteiger partial charge in [0.2, 0.25) is 23.3 Å². The van der Waals surface area contributed by atoms with Gasteiger partial charge < -0.3 is 24.5 Å². The number of ether oxygens (including phenoxy) is 2. The lowest BCUT2D eigenvalue weighted by molar-refractivity contribution is -0.160. The Morgan fingerprint density at radius 3 is 2.33 bits per heavy atom. The van der Waals surface area contributed by atoms with Gasteiger partial charge in [-0.25, -0.2) is 14.6 Å². The fraction of sp³-hybridized carbons (Fsp3) is 0.314. The van der Waals surface area contributed by atoms with Crippen LogP contribution in [-0.2, 0) is 33.5 Å². The number of thioether (sulfide) groups is 1. The average molecular weight is 732 g/mol. The van der Waals surface area contributed by atoms with E-state index < -0.39 is 53.5 Å². The van der Waals surface area contributed by atoms with Crippen molar-refractivity contribution in [1.29, 1.82) is 0 Å². The molecule has 1 fully saturated rings. The molecular weight excluding hydrogens is 695 g/mol. The molecule has 1 saturated heterocycles. The highest BCUT2D eigenvalue weighted by Gasteiger charge is 2.54. The number of esters is 2. The molecule has 2 amide bonds. The van der Waals surface area contributed by atoms with Crippen LogP contribution in [0, 0.1) is 0 Å². The fourth-order valence-corrected chi connectivity index (χ4v) is 6.84. The van der Waals surface area contributed by atoms with Crippen LogP contribution in [0.15, 0.2) is 94.7 Å². The fourth-order valence-electron chi connectivity index (χ4n) is 4.98. The minimum Gasteiger partial charge on any atom is -0.457 e. The smallest absolute Gasteiger partial charge is 0.356 e. The van der Waals surface area contributed by atoms with E-state index in [1.165, 1.54) is 29.1 Å². The van der Waals surface area contributed by atoms with Crippen LogP contribution in [-0.4, -0.2) is 98.4 Å². The highest BCUT2D eigenvalue weighted by molar-refractivity contribution is 8.00. The lowest BCUT2D eigenvalue weighted by Crippen LogP contribution is -2.71. The Labute approximate surface area is 303 Å². The number of fused-ring (bicyclic) bond motifs is 1. The number of benzene rings is 2. The number of rotatable bonds is 13. The quantitative estimate of drug-likeness (QED) is 0.0889. The SMILES string of the molecule is C=CC1=C(C(=O)OC(c2ccccc2)c2ccccc2)N2C(=O)C(NC(=O)/C(=N/OCC(=O)OC(C)(C)C)c3nsc(/N=C/N(C)C)n3)[C@H]2SC1. The standard InChI is InChI=1S/C35H37N7O7S2/c1-7-21-19-50-32-26(31(45)42(32)27(21)33(46)48-28(22-14-10-8-11-15-22)23-16-12-9-13-17-23)37-30(44)25(39-47-18-24(43)49-35(2,3)4)29-38-34(51-40-29)36-20-41(5)6/h7-17,20,26,28,32H,1,18-19H2,2-6H3,(H,37,44)/b36-20+,39-25+/t26?,32-/m1/s1. The number of nitrogens with zero attached hydrogens (tertiary/aromatic N) is 6. The molecular formula is C35H37N7O7S2. The van der Waals surface area contributed by atoms with Crippen molar-refractivity contribution in [1.82, 2.24) is 24.5 Å². The molecule has 0 radical (unpaired) electrons. The summed E-state index contributed by atoms with van der Waals surface area (Å²) in [5.41, 5.74) is 0.945. The maximum atomic E-state index is 13.9. The van der Waals surface area contributed by atoms with Gasteiger partial charge in [0.1, 0.15) is 22.7 Å². The number of amides is 2. The molecule has 1 N–H and O–H groups in total. The number of hydrogen-bond donors (Lipinski definition) is 1. The van der Waals surface area contributed by atoms with Crippen LogP contribution in [0.2, 0.25) is 0 Å². The Morgan fingerprint density at radius 2 is 1.75 bits per heavy atom. The van der Waals surface area contributed by atoms with E-state index in [1.54, 1.807) is 39.8 Å². The molecule has 2 aliphatic rings. The Morgan fingerprint density at radius 1 is 1.10 bits per heavy atom. The lowest BCUT2D eigenvalue weighted by atomic mass is 10.0. The minimum absolute atomic E-state index is 0.0558. The van der Waals surface area contributed by atoms with Crippen molar-refractivity contribution in [3.05, 3.63) is 102 Å². The van der Waals surface area contributed by atoms with Gasteiger partial charge in [-0.2, -0.15) is 9.36 Å². The molecule has 5 rings (SSSR count). The first kappa shape index (κ1) is 36.9. The molecule has 0 spiro atoms. The van der Waals surface area contributed by atoms with Gasteiger partial charge in [-0.1, -0.05) is 78.5 Å². The molecule has 2 aromatic carbocycles. The maximum absolute atomic E-state index is 13.9. The summed E-state index contributed by atoms with van der Waals surface area (Å²) < 4.78 is 15.5. The van der Waals surface area contributed by atoms with Gasteiger partial charge in [0.25, 0.3) is 11.8 Å². The average Bonchev–Trinajstić information content (AvgIpc) is 3.58. The first-order valence-electron chi connectivity index (χ1n) is 15.7. The van der Waals surface area contributed by atoms with Gasteiger partial charge in [-0.05, 0) is 37.5 Å². The second-order valence-corrected chi connectivity index (χ2v) is 14.3. The van der Waals surface area contributed by atoms with E-state index in [9.17, 15) is 19.2 Å². The van der Waals surface area contributed by atoms with E-state index in [2.05, 4.69) is 31.4 Å². The van der Waals surface area contributed by atoms with Crippen LogP contribution in [0.1, 0.15) is 43.8 Å². The molecule has 266 valence electrons. The summed E-state index contributed by atoms with van der Waals surface area (Å²) in [5, 5.41) is 6.14. The second kappa shape index (κ2) is 16.1. The molecule has 1 unspecified atom stereocenters. The molecule has 2 atom stereocenters. The first-order chi connectivity index (χ1) is 24.4. The van der Waals surface area contributed by atoms with E-state index in [-0.39, 0.29) is 22.4 Å². The monoisotopic (exact) mass is 731 g/mol. The summed E-state index contributed by atoms with van der Waals surface area (Å²) in [6, 6.07) is 17.5. The first-order valence-corrected chi connectivity index (χ1v) is 17.6. The normalized spacial score (nSPS) is 17.5. The molecule has 16 heteroatoms. The molecule has 51 heavy (non-hydrogen) atoms. The molecule has 1 aromatic heterocycles. The predicted octanol–water partition coefficient (Wildman–Crippen LogP) is 3.99.